The topological polar surface area (TPSA) is 136 Å². The number of hydrogen-bond donors (Lipinski definition) is 2. The number of sulfonamides is 1. The molecule has 14 heteroatoms. The van der Waals surface area contributed by atoms with E-state index >= 15 is 0 Å². The van der Waals surface area contributed by atoms with Gasteiger partial charge in [-0.05, 0) is 61.2 Å². The Balaban J connectivity index is 1.53. The summed E-state index contributed by atoms with van der Waals surface area (Å²) in [4.78, 5) is 38.5. The highest BCUT2D eigenvalue weighted by atomic mass is 32.2. The van der Waals surface area contributed by atoms with Crippen molar-refractivity contribution in [2.24, 2.45) is 11.8 Å². The maximum atomic E-state index is 14.2. The van der Waals surface area contributed by atoms with E-state index in [1.807, 2.05) is 63.4 Å². The van der Waals surface area contributed by atoms with Crippen molar-refractivity contribution in [2.45, 2.75) is 84.1 Å². The number of aliphatic hydroxyl groups is 1. The van der Waals surface area contributed by atoms with Gasteiger partial charge in [0.1, 0.15) is 16.8 Å². The number of carbonyl (C=O) groups is 2. The van der Waals surface area contributed by atoms with Gasteiger partial charge in [-0.3, -0.25) is 9.69 Å². The monoisotopic (exact) mass is 756 g/mol. The molecule has 1 aromatic heterocycles. The normalized spacial score (nSPS) is 15.6. The van der Waals surface area contributed by atoms with Crippen molar-refractivity contribution < 1.29 is 27.9 Å². The smallest absolute Gasteiger partial charge is 0.321 e. The van der Waals surface area contributed by atoms with Crippen molar-refractivity contribution in [3.63, 3.8) is 0 Å². The van der Waals surface area contributed by atoms with Gasteiger partial charge < -0.3 is 25.0 Å². The number of hydrogen-bond acceptors (Lipinski definition) is 9. The lowest BCUT2D eigenvalue weighted by Gasteiger charge is -2.34. The number of carbonyl (C=O) groups excluding carboxylic acids is 2. The molecular formula is C38H56N6O6S2. The van der Waals surface area contributed by atoms with E-state index in [0.717, 1.165) is 35.9 Å². The van der Waals surface area contributed by atoms with Gasteiger partial charge in [0, 0.05) is 31.6 Å². The Bertz CT molecular complexity index is 1680. The maximum absolute atomic E-state index is 14.2. The highest BCUT2D eigenvalue weighted by Crippen LogP contribution is 2.24. The van der Waals surface area contributed by atoms with Gasteiger partial charge in [0.15, 0.2) is 0 Å². The molecule has 0 spiro atoms. The zero-order valence-corrected chi connectivity index (χ0v) is 33.2. The SMILES string of the molecule is CCN(CC)Cc1nc(CN2CCN([C@H](C(=O)N[C@@H](Cc3ccccc3)[C@@H](O)CN(CC(C)C)S(=O)(=O)c3ccc(OC)cc3)C(C)C)C2=O)cs1. The highest BCUT2D eigenvalue weighted by molar-refractivity contribution is 7.89. The summed E-state index contributed by atoms with van der Waals surface area (Å²) in [6, 6.07) is 13.7. The van der Waals surface area contributed by atoms with Crippen LogP contribution in [0.3, 0.4) is 0 Å². The van der Waals surface area contributed by atoms with Gasteiger partial charge in [0.05, 0.1) is 42.9 Å². The van der Waals surface area contributed by atoms with Crippen LogP contribution in [0.5, 0.6) is 5.75 Å². The number of aliphatic hydroxyl groups excluding tert-OH is 1. The quantitative estimate of drug-likeness (QED) is 0.170. The first-order valence-electron chi connectivity index (χ1n) is 18.1. The summed E-state index contributed by atoms with van der Waals surface area (Å²) < 4.78 is 34.3. The van der Waals surface area contributed by atoms with Crippen molar-refractivity contribution in [1.82, 2.24) is 29.3 Å². The number of nitrogens with zero attached hydrogens (tertiary/aromatic N) is 5. The number of rotatable bonds is 20. The van der Waals surface area contributed by atoms with Crippen molar-refractivity contribution in [3.8, 4) is 5.75 Å². The molecule has 12 nitrogen and oxygen atoms in total. The summed E-state index contributed by atoms with van der Waals surface area (Å²) in [5.74, 6) is -0.127. The lowest BCUT2D eigenvalue weighted by Crippen LogP contribution is -2.57. The predicted octanol–water partition coefficient (Wildman–Crippen LogP) is 4.69. The minimum absolute atomic E-state index is 0.0323. The first-order valence-corrected chi connectivity index (χ1v) is 20.5. The van der Waals surface area contributed by atoms with Crippen molar-refractivity contribution >= 4 is 33.3 Å². The van der Waals surface area contributed by atoms with Gasteiger partial charge in [-0.25, -0.2) is 18.2 Å². The molecule has 3 atom stereocenters. The Labute approximate surface area is 313 Å². The van der Waals surface area contributed by atoms with Gasteiger partial charge in [-0.15, -0.1) is 11.3 Å². The number of nitrogens with one attached hydrogen (secondary N) is 1. The zero-order chi connectivity index (χ0) is 38.0. The van der Waals surface area contributed by atoms with E-state index in [-0.39, 0.29) is 42.3 Å². The summed E-state index contributed by atoms with van der Waals surface area (Å²) >= 11 is 1.59. The number of amides is 3. The summed E-state index contributed by atoms with van der Waals surface area (Å²) in [5.41, 5.74) is 1.70. The standard InChI is InChI=1S/C38H56N6O6S2/c1-8-41(9-2)25-35-39-30(26-51-35)23-42-19-20-44(38(42)47)36(28(5)6)37(46)40-33(21-29-13-11-10-12-14-29)34(45)24-43(22-27(3)4)52(48,49)32-17-15-31(50-7)16-18-32/h10-18,26-28,33-34,36,45H,8-9,19-25H2,1-7H3,(H,40,46)/t33-,34-,36-/m0/s1. The molecule has 0 saturated carbocycles. The molecule has 1 saturated heterocycles. The van der Waals surface area contributed by atoms with E-state index in [2.05, 4.69) is 24.1 Å². The minimum Gasteiger partial charge on any atom is -0.497 e. The number of benzene rings is 2. The van der Waals surface area contributed by atoms with Crippen LogP contribution in [0.2, 0.25) is 0 Å². The second-order valence-electron chi connectivity index (χ2n) is 14.0. The molecule has 3 aromatic rings. The molecule has 1 aliphatic rings. The zero-order valence-electron chi connectivity index (χ0n) is 31.6. The Kier molecular flexibility index (Phi) is 15.0. The van der Waals surface area contributed by atoms with Crippen LogP contribution in [-0.4, -0.2) is 114 Å². The van der Waals surface area contributed by atoms with Crippen LogP contribution in [-0.2, 0) is 34.3 Å². The van der Waals surface area contributed by atoms with Crippen LogP contribution >= 0.6 is 11.3 Å². The molecule has 3 amide bonds. The second-order valence-corrected chi connectivity index (χ2v) is 16.9. The fourth-order valence-electron chi connectivity index (χ4n) is 6.47. The molecule has 1 aliphatic heterocycles. The summed E-state index contributed by atoms with van der Waals surface area (Å²) in [5, 5.41) is 17.8. The van der Waals surface area contributed by atoms with E-state index in [0.29, 0.717) is 25.4 Å². The molecule has 2 aromatic carbocycles. The molecule has 0 aliphatic carbocycles. The molecule has 1 fully saturated rings. The molecule has 52 heavy (non-hydrogen) atoms. The molecule has 2 heterocycles. The van der Waals surface area contributed by atoms with Crippen LogP contribution in [0, 0.1) is 11.8 Å². The van der Waals surface area contributed by atoms with Gasteiger partial charge in [-0.2, -0.15) is 4.31 Å². The van der Waals surface area contributed by atoms with Gasteiger partial charge >= 0.3 is 6.03 Å². The largest absolute Gasteiger partial charge is 0.497 e. The molecule has 0 radical (unpaired) electrons. The van der Waals surface area contributed by atoms with E-state index in [4.69, 9.17) is 9.72 Å². The maximum Gasteiger partial charge on any atom is 0.321 e. The first kappa shape index (κ1) is 41.2. The van der Waals surface area contributed by atoms with Gasteiger partial charge in [0.25, 0.3) is 0 Å². The third-order valence-corrected chi connectivity index (χ3v) is 12.0. The number of aromatic nitrogens is 1. The number of ether oxygens (including phenoxy) is 1. The molecule has 0 bridgehead atoms. The number of thiazole rings is 1. The van der Waals surface area contributed by atoms with E-state index < -0.39 is 34.1 Å². The average Bonchev–Trinajstić information content (AvgIpc) is 3.72. The number of methoxy groups -OCH3 is 1. The van der Waals surface area contributed by atoms with E-state index in [1.165, 1.54) is 23.5 Å². The lowest BCUT2D eigenvalue weighted by molar-refractivity contribution is -0.128. The Morgan fingerprint density at radius 2 is 1.69 bits per heavy atom. The lowest BCUT2D eigenvalue weighted by atomic mass is 9.97. The van der Waals surface area contributed by atoms with Crippen LogP contribution in [0.4, 0.5) is 4.79 Å². The van der Waals surface area contributed by atoms with E-state index in [1.54, 1.807) is 33.3 Å². The second kappa shape index (κ2) is 19.0. The fourth-order valence-corrected chi connectivity index (χ4v) is 8.92. The minimum atomic E-state index is -4.00. The average molecular weight is 757 g/mol. The van der Waals surface area contributed by atoms with Crippen molar-refractivity contribution in [2.75, 3.05) is 46.4 Å². The first-order chi connectivity index (χ1) is 24.8. The molecule has 4 rings (SSSR count). The van der Waals surface area contributed by atoms with Crippen LogP contribution < -0.4 is 10.1 Å². The molecular weight excluding hydrogens is 701 g/mol. The van der Waals surface area contributed by atoms with Crippen molar-refractivity contribution in [1.29, 1.82) is 0 Å². The van der Waals surface area contributed by atoms with Gasteiger partial charge in [0.2, 0.25) is 15.9 Å². The van der Waals surface area contributed by atoms with Crippen molar-refractivity contribution in [3.05, 3.63) is 76.2 Å². The van der Waals surface area contributed by atoms with Crippen LogP contribution in [0.15, 0.2) is 64.9 Å². The third-order valence-electron chi connectivity index (χ3n) is 9.32. The summed E-state index contributed by atoms with van der Waals surface area (Å²) in [7, 11) is -2.49. The molecule has 0 unspecified atom stereocenters. The van der Waals surface area contributed by atoms with Crippen LogP contribution in [0.1, 0.15) is 57.8 Å². The van der Waals surface area contributed by atoms with Crippen LogP contribution in [0.25, 0.3) is 0 Å². The summed E-state index contributed by atoms with van der Waals surface area (Å²) in [6.07, 6.45) is -0.999. The Hall–Kier alpha value is -3.56. The predicted molar refractivity (Wildman–Crippen MR) is 205 cm³/mol. The molecule has 2 N–H and O–H groups in total. The van der Waals surface area contributed by atoms with Gasteiger partial charge in [-0.1, -0.05) is 71.9 Å². The summed E-state index contributed by atoms with van der Waals surface area (Å²) in [6.45, 7) is 15.6. The fraction of sp³-hybridized carbons (Fsp3) is 0.553. The molecule has 286 valence electrons. The van der Waals surface area contributed by atoms with E-state index in [9.17, 15) is 23.1 Å². The highest BCUT2D eigenvalue weighted by Gasteiger charge is 2.40. The number of urea groups is 1. The third kappa shape index (κ3) is 10.8. The Morgan fingerprint density at radius 1 is 1.02 bits per heavy atom. The Morgan fingerprint density at radius 3 is 2.29 bits per heavy atom.